The van der Waals surface area contributed by atoms with E-state index in [1.54, 1.807) is 24.3 Å². The molecule has 0 amide bonds. The zero-order chi connectivity index (χ0) is 12.2. The van der Waals surface area contributed by atoms with Gasteiger partial charge in [0, 0.05) is 5.39 Å². The van der Waals surface area contributed by atoms with Crippen molar-refractivity contribution in [1.29, 1.82) is 0 Å². The summed E-state index contributed by atoms with van der Waals surface area (Å²) in [5, 5.41) is 1.13. The molecule has 0 saturated heterocycles. The molecule has 1 aliphatic heterocycles. The summed E-state index contributed by atoms with van der Waals surface area (Å²) in [6.07, 6.45) is 0. The van der Waals surface area contributed by atoms with E-state index in [1.807, 2.05) is 0 Å². The lowest BCUT2D eigenvalue weighted by molar-refractivity contribution is 0.0743. The van der Waals surface area contributed by atoms with Gasteiger partial charge in [0.05, 0.1) is 11.3 Å². The van der Waals surface area contributed by atoms with Crippen molar-refractivity contribution >= 4 is 32.5 Å². The van der Waals surface area contributed by atoms with Crippen LogP contribution in [0.15, 0.2) is 35.2 Å². The van der Waals surface area contributed by atoms with E-state index in [1.165, 1.54) is 6.07 Å². The summed E-state index contributed by atoms with van der Waals surface area (Å²) in [6, 6.07) is 8.11. The molecular weight excluding hydrogens is 242 g/mol. The fraction of sp³-hybridized carbons (Fsp3) is 0. The normalized spacial score (nSPS) is 16.8. The average Bonchev–Trinajstić information content (AvgIpc) is 2.27. The number of nitrogens with two attached hydrogens (primary N) is 1. The van der Waals surface area contributed by atoms with Crippen LogP contribution in [0.3, 0.4) is 0 Å². The predicted molar refractivity (Wildman–Crippen MR) is 61.0 cm³/mol. The molecule has 0 spiro atoms. The molecule has 2 N–H and O–H groups in total. The van der Waals surface area contributed by atoms with Gasteiger partial charge >= 0.3 is 16.1 Å². The van der Waals surface area contributed by atoms with Gasteiger partial charge in [-0.15, -0.1) is 0 Å². The van der Waals surface area contributed by atoms with Crippen LogP contribution in [0.4, 0.5) is 5.69 Å². The summed E-state index contributed by atoms with van der Waals surface area (Å²) in [4.78, 5) is 11.4. The molecule has 0 aromatic heterocycles. The molecule has 0 unspecified atom stereocenters. The molecule has 1 heterocycles. The third kappa shape index (κ3) is 1.24. The van der Waals surface area contributed by atoms with Crippen LogP contribution in [-0.4, -0.2) is 14.4 Å². The standard InChI is InChI=1S/C11H7NO4S/c12-10-7-4-2-1-3-6(7)8-5-9(10)17(14,15)16-11(8)13/h1-5H,12H2. The van der Waals surface area contributed by atoms with Crippen LogP contribution in [-0.2, 0) is 14.3 Å². The highest BCUT2D eigenvalue weighted by atomic mass is 32.2. The summed E-state index contributed by atoms with van der Waals surface area (Å²) in [6.45, 7) is 0. The number of carbonyl (C=O) groups excluding carboxylic acids is 1. The SMILES string of the molecule is Nc1c2cc(c3ccccc13)C(=O)OS2(=O)=O. The minimum Gasteiger partial charge on any atom is -0.397 e. The summed E-state index contributed by atoms with van der Waals surface area (Å²) in [5.41, 5.74) is 6.11. The Kier molecular flexibility index (Phi) is 1.77. The lowest BCUT2D eigenvalue weighted by Gasteiger charge is -2.17. The van der Waals surface area contributed by atoms with Crippen molar-refractivity contribution in [3.63, 3.8) is 0 Å². The van der Waals surface area contributed by atoms with Crippen LogP contribution in [0.1, 0.15) is 10.4 Å². The largest absolute Gasteiger partial charge is 0.397 e. The first-order valence-electron chi connectivity index (χ1n) is 4.81. The molecule has 2 aromatic rings. The number of carbonyl (C=O) groups is 1. The lowest BCUT2D eigenvalue weighted by atomic mass is 10.0. The molecule has 0 radical (unpaired) electrons. The molecule has 86 valence electrons. The molecule has 17 heavy (non-hydrogen) atoms. The first-order valence-corrected chi connectivity index (χ1v) is 6.21. The smallest absolute Gasteiger partial charge is 0.354 e. The van der Waals surface area contributed by atoms with Crippen LogP contribution in [0.2, 0.25) is 0 Å². The highest BCUT2D eigenvalue weighted by Gasteiger charge is 2.32. The van der Waals surface area contributed by atoms with Gasteiger partial charge in [-0.25, -0.2) is 4.79 Å². The van der Waals surface area contributed by atoms with E-state index in [0.29, 0.717) is 10.8 Å². The number of rotatable bonds is 0. The van der Waals surface area contributed by atoms with Gasteiger partial charge in [0.25, 0.3) is 0 Å². The van der Waals surface area contributed by atoms with E-state index in [4.69, 9.17) is 5.73 Å². The molecule has 2 aromatic carbocycles. The highest BCUT2D eigenvalue weighted by molar-refractivity contribution is 7.87. The average molecular weight is 249 g/mol. The lowest BCUT2D eigenvalue weighted by Crippen LogP contribution is -2.21. The van der Waals surface area contributed by atoms with Crippen LogP contribution in [0.5, 0.6) is 0 Å². The van der Waals surface area contributed by atoms with E-state index < -0.39 is 16.1 Å². The number of nitrogen functional groups attached to an aromatic ring is 1. The van der Waals surface area contributed by atoms with Crippen molar-refractivity contribution in [1.82, 2.24) is 0 Å². The number of benzene rings is 2. The van der Waals surface area contributed by atoms with Crippen molar-refractivity contribution in [2.75, 3.05) is 5.73 Å². The van der Waals surface area contributed by atoms with Gasteiger partial charge in [-0.05, 0) is 11.5 Å². The van der Waals surface area contributed by atoms with Gasteiger partial charge < -0.3 is 9.92 Å². The Morgan fingerprint density at radius 2 is 1.76 bits per heavy atom. The number of fused-ring (bicyclic) bond motifs is 4. The van der Waals surface area contributed by atoms with Crippen molar-refractivity contribution in [2.45, 2.75) is 4.90 Å². The molecule has 0 fully saturated rings. The third-order valence-electron chi connectivity index (χ3n) is 2.72. The van der Waals surface area contributed by atoms with Crippen molar-refractivity contribution < 1.29 is 17.4 Å². The van der Waals surface area contributed by atoms with Crippen LogP contribution in [0.25, 0.3) is 10.8 Å². The third-order valence-corrected chi connectivity index (χ3v) is 3.97. The zero-order valence-corrected chi connectivity index (χ0v) is 9.32. The van der Waals surface area contributed by atoms with Crippen molar-refractivity contribution in [3.05, 3.63) is 35.9 Å². The van der Waals surface area contributed by atoms with E-state index in [2.05, 4.69) is 4.18 Å². The van der Waals surface area contributed by atoms with E-state index in [9.17, 15) is 13.2 Å². The Balaban J connectivity index is 2.60. The van der Waals surface area contributed by atoms with Crippen LogP contribution in [0, 0.1) is 0 Å². The van der Waals surface area contributed by atoms with E-state index in [-0.39, 0.29) is 16.1 Å². The maximum Gasteiger partial charge on any atom is 0.354 e. The first kappa shape index (κ1) is 10.1. The topological polar surface area (TPSA) is 86.5 Å². The van der Waals surface area contributed by atoms with Gasteiger partial charge in [0.2, 0.25) is 0 Å². The van der Waals surface area contributed by atoms with Crippen LogP contribution >= 0.6 is 0 Å². The second-order valence-electron chi connectivity index (χ2n) is 3.71. The summed E-state index contributed by atoms with van der Waals surface area (Å²) in [7, 11) is -4.07. The molecule has 0 aliphatic carbocycles. The number of hydrogen-bond acceptors (Lipinski definition) is 5. The van der Waals surface area contributed by atoms with Gasteiger partial charge in [0.1, 0.15) is 4.90 Å². The Hall–Kier alpha value is -2.08. The maximum absolute atomic E-state index is 11.6. The minimum absolute atomic E-state index is 0.108. The second-order valence-corrected chi connectivity index (χ2v) is 5.22. The highest BCUT2D eigenvalue weighted by Crippen LogP contribution is 2.36. The molecule has 5 nitrogen and oxygen atoms in total. The fourth-order valence-corrected chi connectivity index (χ4v) is 2.96. The Bertz CT molecular complexity index is 764. The molecule has 3 rings (SSSR count). The van der Waals surface area contributed by atoms with Gasteiger partial charge in [-0.1, -0.05) is 24.3 Å². The number of hydrogen-bond donors (Lipinski definition) is 1. The molecule has 6 heteroatoms. The Morgan fingerprint density at radius 3 is 2.47 bits per heavy atom. The van der Waals surface area contributed by atoms with E-state index in [0.717, 1.165) is 0 Å². The quantitative estimate of drug-likeness (QED) is 0.561. The second kappa shape index (κ2) is 2.98. The summed E-state index contributed by atoms with van der Waals surface area (Å²) >= 11 is 0. The molecule has 2 bridgehead atoms. The molecule has 0 atom stereocenters. The molecular formula is C11H7NO4S. The van der Waals surface area contributed by atoms with E-state index >= 15 is 0 Å². The molecule has 0 saturated carbocycles. The zero-order valence-electron chi connectivity index (χ0n) is 8.51. The van der Waals surface area contributed by atoms with Crippen LogP contribution < -0.4 is 5.73 Å². The van der Waals surface area contributed by atoms with Crippen molar-refractivity contribution in [2.24, 2.45) is 0 Å². The fourth-order valence-electron chi connectivity index (χ4n) is 1.94. The summed E-state index contributed by atoms with van der Waals surface area (Å²) < 4.78 is 27.6. The Labute approximate surface area is 96.9 Å². The summed E-state index contributed by atoms with van der Waals surface area (Å²) in [5.74, 6) is -0.867. The first-order chi connectivity index (χ1) is 8.00. The van der Waals surface area contributed by atoms with Crippen molar-refractivity contribution in [3.8, 4) is 0 Å². The minimum atomic E-state index is -4.07. The molecule has 1 aliphatic rings. The van der Waals surface area contributed by atoms with Gasteiger partial charge in [-0.2, -0.15) is 8.42 Å². The maximum atomic E-state index is 11.6. The number of anilines is 1. The van der Waals surface area contributed by atoms with Gasteiger partial charge in [0.15, 0.2) is 0 Å². The van der Waals surface area contributed by atoms with Gasteiger partial charge in [-0.3, -0.25) is 0 Å². The monoisotopic (exact) mass is 249 g/mol. The Morgan fingerprint density at radius 1 is 1.12 bits per heavy atom. The predicted octanol–water partition coefficient (Wildman–Crippen LogP) is 1.28.